The van der Waals surface area contributed by atoms with Crippen molar-refractivity contribution in [2.24, 2.45) is 0 Å². The van der Waals surface area contributed by atoms with Crippen LogP contribution in [0.25, 0.3) is 0 Å². The molecule has 23 heavy (non-hydrogen) atoms. The lowest BCUT2D eigenvalue weighted by Gasteiger charge is -2.35. The molecule has 2 heterocycles. The molecule has 2 aliphatic heterocycles. The van der Waals surface area contributed by atoms with Gasteiger partial charge in [-0.2, -0.15) is 11.8 Å². The van der Waals surface area contributed by atoms with Gasteiger partial charge >= 0.3 is 0 Å². The number of likely N-dealkylation sites (N-methyl/N-ethyl adjacent to an activating group) is 1. The summed E-state index contributed by atoms with van der Waals surface area (Å²) in [6, 6.07) is 9.66. The first-order valence-corrected chi connectivity index (χ1v) is 9.78. The molecule has 128 valence electrons. The molecule has 0 bridgehead atoms. The molecule has 1 aromatic carbocycles. The third-order valence-corrected chi connectivity index (χ3v) is 6.08. The highest BCUT2D eigenvalue weighted by molar-refractivity contribution is 7.99. The van der Waals surface area contributed by atoms with E-state index in [9.17, 15) is 0 Å². The lowest BCUT2D eigenvalue weighted by Crippen LogP contribution is -2.48. The van der Waals surface area contributed by atoms with Crippen molar-refractivity contribution in [3.63, 3.8) is 0 Å². The molecule has 2 saturated heterocycles. The average Bonchev–Trinajstić information content (AvgIpc) is 3.09. The van der Waals surface area contributed by atoms with Crippen LogP contribution in [0.15, 0.2) is 24.3 Å². The molecular weight excluding hydrogens is 306 g/mol. The molecule has 3 rings (SSSR count). The number of hydrogen-bond donors (Lipinski definition) is 1. The summed E-state index contributed by atoms with van der Waals surface area (Å²) < 4.78 is 5.30. The van der Waals surface area contributed by atoms with Crippen LogP contribution in [0.4, 0.5) is 0 Å². The SMILES string of the molecule is COc1ccc([C@@H](CN2CCN(C)CC2)N[C@@H]2CCSC2)cc1. The molecule has 0 radical (unpaired) electrons. The Labute approximate surface area is 144 Å². The minimum Gasteiger partial charge on any atom is -0.497 e. The number of benzene rings is 1. The second kappa shape index (κ2) is 8.38. The van der Waals surface area contributed by atoms with Gasteiger partial charge in [-0.05, 0) is 36.9 Å². The first-order valence-electron chi connectivity index (χ1n) is 8.63. The number of ether oxygens (including phenoxy) is 1. The van der Waals surface area contributed by atoms with E-state index in [4.69, 9.17) is 4.74 Å². The lowest BCUT2D eigenvalue weighted by molar-refractivity contribution is 0.140. The Bertz CT molecular complexity index is 468. The van der Waals surface area contributed by atoms with Crippen LogP contribution in [-0.4, -0.2) is 74.2 Å². The molecule has 4 nitrogen and oxygen atoms in total. The number of thioether (sulfide) groups is 1. The zero-order chi connectivity index (χ0) is 16.1. The second-order valence-electron chi connectivity index (χ2n) is 6.66. The Morgan fingerprint density at radius 3 is 2.57 bits per heavy atom. The molecule has 0 aromatic heterocycles. The smallest absolute Gasteiger partial charge is 0.118 e. The predicted octanol–water partition coefficient (Wildman–Crippen LogP) is 2.08. The van der Waals surface area contributed by atoms with Crippen molar-refractivity contribution in [1.82, 2.24) is 15.1 Å². The highest BCUT2D eigenvalue weighted by Gasteiger charge is 2.24. The molecule has 1 N–H and O–H groups in total. The summed E-state index contributed by atoms with van der Waals surface area (Å²) in [4.78, 5) is 5.02. The predicted molar refractivity (Wildman–Crippen MR) is 98.5 cm³/mol. The van der Waals surface area contributed by atoms with Gasteiger partial charge in [0.15, 0.2) is 0 Å². The minimum absolute atomic E-state index is 0.410. The zero-order valence-electron chi connectivity index (χ0n) is 14.3. The number of piperazine rings is 1. The molecule has 2 aliphatic rings. The van der Waals surface area contributed by atoms with Crippen molar-refractivity contribution in [2.75, 3.05) is 58.4 Å². The maximum atomic E-state index is 5.30. The van der Waals surface area contributed by atoms with Gasteiger partial charge in [0, 0.05) is 50.6 Å². The molecule has 2 atom stereocenters. The van der Waals surface area contributed by atoms with Crippen LogP contribution >= 0.6 is 11.8 Å². The largest absolute Gasteiger partial charge is 0.497 e. The topological polar surface area (TPSA) is 27.7 Å². The lowest BCUT2D eigenvalue weighted by atomic mass is 10.0. The Balaban J connectivity index is 1.66. The first kappa shape index (κ1) is 17.1. The van der Waals surface area contributed by atoms with Crippen LogP contribution < -0.4 is 10.1 Å². The summed E-state index contributed by atoms with van der Waals surface area (Å²) in [5, 5.41) is 3.91. The Morgan fingerprint density at radius 2 is 1.96 bits per heavy atom. The van der Waals surface area contributed by atoms with Gasteiger partial charge in [0.2, 0.25) is 0 Å². The van der Waals surface area contributed by atoms with Crippen molar-refractivity contribution < 1.29 is 4.74 Å². The van der Waals surface area contributed by atoms with Gasteiger partial charge in [-0.25, -0.2) is 0 Å². The standard InChI is InChI=1S/C18H29N3OS/c1-20-8-10-21(11-9-20)13-18(19-16-7-12-23-14-16)15-3-5-17(22-2)6-4-15/h3-6,16,18-19H,7-14H2,1-2H3/t16-,18-/m1/s1. The maximum Gasteiger partial charge on any atom is 0.118 e. The van der Waals surface area contributed by atoms with Crippen LogP contribution in [0.3, 0.4) is 0 Å². The van der Waals surface area contributed by atoms with Gasteiger partial charge in [-0.15, -0.1) is 0 Å². The van der Waals surface area contributed by atoms with E-state index < -0.39 is 0 Å². The van der Waals surface area contributed by atoms with Crippen LogP contribution in [0.5, 0.6) is 5.75 Å². The summed E-state index contributed by atoms with van der Waals surface area (Å²) in [7, 11) is 3.94. The van der Waals surface area contributed by atoms with Gasteiger partial charge in [-0.3, -0.25) is 4.90 Å². The van der Waals surface area contributed by atoms with Crippen molar-refractivity contribution in [1.29, 1.82) is 0 Å². The molecule has 0 spiro atoms. The molecule has 5 heteroatoms. The number of hydrogen-bond acceptors (Lipinski definition) is 5. The molecule has 0 saturated carbocycles. The number of nitrogens with zero attached hydrogens (tertiary/aromatic N) is 2. The minimum atomic E-state index is 0.410. The fraction of sp³-hybridized carbons (Fsp3) is 0.667. The Hall–Kier alpha value is -0.750. The van der Waals surface area contributed by atoms with Crippen LogP contribution in [-0.2, 0) is 0 Å². The van der Waals surface area contributed by atoms with Crippen molar-refractivity contribution in [3.05, 3.63) is 29.8 Å². The van der Waals surface area contributed by atoms with Gasteiger partial charge in [-0.1, -0.05) is 12.1 Å². The van der Waals surface area contributed by atoms with Crippen molar-refractivity contribution >= 4 is 11.8 Å². The Morgan fingerprint density at radius 1 is 1.22 bits per heavy atom. The first-order chi connectivity index (χ1) is 11.2. The Kier molecular flexibility index (Phi) is 6.22. The van der Waals surface area contributed by atoms with E-state index >= 15 is 0 Å². The summed E-state index contributed by atoms with van der Waals surface area (Å²) in [6.45, 7) is 5.79. The molecular formula is C18H29N3OS. The van der Waals surface area contributed by atoms with Crippen LogP contribution in [0, 0.1) is 0 Å². The van der Waals surface area contributed by atoms with Gasteiger partial charge < -0.3 is 15.0 Å². The maximum absolute atomic E-state index is 5.30. The van der Waals surface area contributed by atoms with Crippen molar-refractivity contribution in [3.8, 4) is 5.75 Å². The molecule has 0 amide bonds. The zero-order valence-corrected chi connectivity index (χ0v) is 15.1. The number of methoxy groups -OCH3 is 1. The van der Waals surface area contributed by atoms with E-state index in [0.717, 1.165) is 12.3 Å². The van der Waals surface area contributed by atoms with Gasteiger partial charge in [0.1, 0.15) is 5.75 Å². The number of rotatable bonds is 6. The normalized spacial score (nSPS) is 24.7. The summed E-state index contributed by atoms with van der Waals surface area (Å²) in [5.74, 6) is 3.47. The molecule has 0 aliphatic carbocycles. The van der Waals surface area contributed by atoms with E-state index in [-0.39, 0.29) is 0 Å². The fourth-order valence-electron chi connectivity index (χ4n) is 3.33. The third kappa shape index (κ3) is 4.86. The van der Waals surface area contributed by atoms with Crippen molar-refractivity contribution in [2.45, 2.75) is 18.5 Å². The van der Waals surface area contributed by atoms with E-state index in [0.29, 0.717) is 12.1 Å². The monoisotopic (exact) mass is 335 g/mol. The van der Waals surface area contributed by atoms with E-state index in [1.54, 1.807) is 7.11 Å². The van der Waals surface area contributed by atoms with E-state index in [1.165, 1.54) is 49.7 Å². The fourth-order valence-corrected chi connectivity index (χ4v) is 4.49. The number of nitrogens with one attached hydrogen (secondary N) is 1. The third-order valence-electron chi connectivity index (χ3n) is 4.92. The molecule has 2 fully saturated rings. The second-order valence-corrected chi connectivity index (χ2v) is 7.81. The highest BCUT2D eigenvalue weighted by atomic mass is 32.2. The molecule has 0 unspecified atom stereocenters. The van der Waals surface area contributed by atoms with Gasteiger partial charge in [0.05, 0.1) is 7.11 Å². The van der Waals surface area contributed by atoms with Crippen LogP contribution in [0.1, 0.15) is 18.0 Å². The summed E-state index contributed by atoms with van der Waals surface area (Å²) in [6.07, 6.45) is 1.29. The quantitative estimate of drug-likeness (QED) is 0.859. The summed E-state index contributed by atoms with van der Waals surface area (Å²) in [5.41, 5.74) is 1.38. The molecule has 1 aromatic rings. The van der Waals surface area contributed by atoms with Gasteiger partial charge in [0.25, 0.3) is 0 Å². The summed E-state index contributed by atoms with van der Waals surface area (Å²) >= 11 is 2.07. The highest BCUT2D eigenvalue weighted by Crippen LogP contribution is 2.24. The van der Waals surface area contributed by atoms with E-state index in [1.807, 2.05) is 0 Å². The average molecular weight is 336 g/mol. The van der Waals surface area contributed by atoms with E-state index in [2.05, 4.69) is 58.2 Å². The van der Waals surface area contributed by atoms with Crippen LogP contribution in [0.2, 0.25) is 0 Å².